The fourth-order valence-electron chi connectivity index (χ4n) is 2.43. The van der Waals surface area contributed by atoms with Gasteiger partial charge in [0, 0.05) is 6.42 Å². The molecule has 20 heavy (non-hydrogen) atoms. The predicted octanol–water partition coefficient (Wildman–Crippen LogP) is 2.52. The number of nitrogens with one attached hydrogen (secondary N) is 1. The molecule has 0 fully saturated rings. The Morgan fingerprint density at radius 1 is 1.05 bits per heavy atom. The molecule has 0 saturated heterocycles. The van der Waals surface area contributed by atoms with Crippen molar-refractivity contribution in [2.75, 3.05) is 14.2 Å². The van der Waals surface area contributed by atoms with Gasteiger partial charge in [-0.3, -0.25) is 0 Å². The van der Waals surface area contributed by atoms with E-state index < -0.39 is 5.54 Å². The van der Waals surface area contributed by atoms with E-state index in [-0.39, 0.29) is 5.97 Å². The molecule has 0 amide bonds. The van der Waals surface area contributed by atoms with E-state index in [0.29, 0.717) is 6.42 Å². The number of ether oxygens (including phenoxy) is 1. The Balaban J connectivity index is 2.46. The van der Waals surface area contributed by atoms with Gasteiger partial charge in [-0.2, -0.15) is 0 Å². The van der Waals surface area contributed by atoms with Crippen molar-refractivity contribution in [2.45, 2.75) is 12.0 Å². The lowest BCUT2D eigenvalue weighted by atomic mass is 9.84. The Bertz CT molecular complexity index is 554. The first-order valence-corrected chi connectivity index (χ1v) is 6.59. The van der Waals surface area contributed by atoms with Crippen LogP contribution in [0.5, 0.6) is 0 Å². The van der Waals surface area contributed by atoms with E-state index in [1.54, 1.807) is 7.05 Å². The number of carbonyl (C=O) groups excluding carboxylic acids is 1. The van der Waals surface area contributed by atoms with Crippen molar-refractivity contribution in [1.29, 1.82) is 0 Å². The fraction of sp³-hybridized carbons (Fsp3) is 0.235. The van der Waals surface area contributed by atoms with Crippen LogP contribution in [0.25, 0.3) is 0 Å². The molecule has 0 radical (unpaired) electrons. The summed E-state index contributed by atoms with van der Waals surface area (Å²) in [6.07, 6.45) is 0.543. The van der Waals surface area contributed by atoms with E-state index in [1.165, 1.54) is 7.11 Å². The maximum Gasteiger partial charge on any atom is 0.331 e. The molecule has 2 aromatic rings. The van der Waals surface area contributed by atoms with Gasteiger partial charge in [-0.05, 0) is 18.2 Å². The van der Waals surface area contributed by atoms with E-state index in [2.05, 4.69) is 5.32 Å². The summed E-state index contributed by atoms with van der Waals surface area (Å²) in [4.78, 5) is 12.4. The average molecular weight is 269 g/mol. The van der Waals surface area contributed by atoms with Crippen molar-refractivity contribution >= 4 is 5.97 Å². The zero-order chi connectivity index (χ0) is 14.4. The number of esters is 1. The molecule has 0 saturated carbocycles. The minimum atomic E-state index is -0.864. The first kappa shape index (κ1) is 14.3. The number of hydrogen-bond acceptors (Lipinski definition) is 3. The molecular formula is C17H19NO2. The molecule has 1 atom stereocenters. The van der Waals surface area contributed by atoms with E-state index in [4.69, 9.17) is 4.74 Å². The Morgan fingerprint density at radius 2 is 1.60 bits per heavy atom. The highest BCUT2D eigenvalue weighted by Crippen LogP contribution is 2.27. The third-order valence-corrected chi connectivity index (χ3v) is 3.54. The molecule has 0 aliphatic carbocycles. The monoisotopic (exact) mass is 269 g/mol. The molecule has 0 bridgehead atoms. The molecule has 104 valence electrons. The van der Waals surface area contributed by atoms with Crippen molar-refractivity contribution in [2.24, 2.45) is 0 Å². The quantitative estimate of drug-likeness (QED) is 0.848. The smallest absolute Gasteiger partial charge is 0.331 e. The lowest BCUT2D eigenvalue weighted by Crippen LogP contribution is -2.50. The molecule has 2 aromatic carbocycles. The Morgan fingerprint density at radius 3 is 2.10 bits per heavy atom. The van der Waals surface area contributed by atoms with Crippen molar-refractivity contribution in [3.63, 3.8) is 0 Å². The molecule has 0 aliphatic heterocycles. The van der Waals surface area contributed by atoms with Gasteiger partial charge in [0.2, 0.25) is 0 Å². The second-order valence-electron chi connectivity index (χ2n) is 4.68. The molecule has 0 spiro atoms. The van der Waals surface area contributed by atoms with Gasteiger partial charge in [0.25, 0.3) is 0 Å². The standard InChI is InChI=1S/C17H19NO2/c1-18-17(16(19)20-2,15-11-7-4-8-12-15)13-14-9-5-3-6-10-14/h3-12,18H,13H2,1-2H3. The first-order valence-electron chi connectivity index (χ1n) is 6.59. The van der Waals surface area contributed by atoms with E-state index in [0.717, 1.165) is 11.1 Å². The summed E-state index contributed by atoms with van der Waals surface area (Å²) >= 11 is 0. The Kier molecular flexibility index (Phi) is 4.53. The van der Waals surface area contributed by atoms with Crippen LogP contribution in [0.2, 0.25) is 0 Å². The van der Waals surface area contributed by atoms with Gasteiger partial charge < -0.3 is 10.1 Å². The molecule has 0 heterocycles. The third-order valence-electron chi connectivity index (χ3n) is 3.54. The second-order valence-corrected chi connectivity index (χ2v) is 4.68. The molecule has 3 heteroatoms. The minimum Gasteiger partial charge on any atom is -0.467 e. The Hall–Kier alpha value is -2.13. The van der Waals surface area contributed by atoms with Crippen LogP contribution < -0.4 is 5.32 Å². The number of benzene rings is 2. The van der Waals surface area contributed by atoms with Crippen molar-refractivity contribution in [3.05, 3.63) is 71.8 Å². The average Bonchev–Trinajstić information content (AvgIpc) is 2.53. The minimum absolute atomic E-state index is 0.282. The van der Waals surface area contributed by atoms with Gasteiger partial charge in [0.05, 0.1) is 7.11 Å². The first-order chi connectivity index (χ1) is 9.73. The van der Waals surface area contributed by atoms with Crippen LogP contribution in [0, 0.1) is 0 Å². The van der Waals surface area contributed by atoms with Gasteiger partial charge in [-0.15, -0.1) is 0 Å². The highest BCUT2D eigenvalue weighted by molar-refractivity contribution is 5.83. The second kappa shape index (κ2) is 6.35. The SMILES string of the molecule is CNC(Cc1ccccc1)(C(=O)OC)c1ccccc1. The molecular weight excluding hydrogens is 250 g/mol. The number of hydrogen-bond donors (Lipinski definition) is 1. The molecule has 1 unspecified atom stereocenters. The number of likely N-dealkylation sites (N-methyl/N-ethyl adjacent to an activating group) is 1. The van der Waals surface area contributed by atoms with Gasteiger partial charge in [0.15, 0.2) is 0 Å². The van der Waals surface area contributed by atoms with Crippen molar-refractivity contribution in [1.82, 2.24) is 5.32 Å². The van der Waals surface area contributed by atoms with Crippen LogP contribution in [0.4, 0.5) is 0 Å². The Labute approximate surface area is 119 Å². The summed E-state index contributed by atoms with van der Waals surface area (Å²) in [6, 6.07) is 19.6. The lowest BCUT2D eigenvalue weighted by molar-refractivity contribution is -0.149. The molecule has 2 rings (SSSR count). The lowest BCUT2D eigenvalue weighted by Gasteiger charge is -2.31. The fourth-order valence-corrected chi connectivity index (χ4v) is 2.43. The van der Waals surface area contributed by atoms with Crippen LogP contribution in [-0.4, -0.2) is 20.1 Å². The van der Waals surface area contributed by atoms with Crippen LogP contribution >= 0.6 is 0 Å². The summed E-state index contributed by atoms with van der Waals surface area (Å²) in [7, 11) is 3.20. The molecule has 3 nitrogen and oxygen atoms in total. The van der Waals surface area contributed by atoms with E-state index in [1.807, 2.05) is 60.7 Å². The summed E-state index contributed by atoms with van der Waals surface area (Å²) in [5, 5.41) is 3.16. The predicted molar refractivity (Wildman–Crippen MR) is 79.3 cm³/mol. The summed E-state index contributed by atoms with van der Waals surface area (Å²) in [5.74, 6) is -0.282. The van der Waals surface area contributed by atoms with E-state index in [9.17, 15) is 4.79 Å². The highest BCUT2D eigenvalue weighted by atomic mass is 16.5. The van der Waals surface area contributed by atoms with Crippen LogP contribution in [0.1, 0.15) is 11.1 Å². The van der Waals surface area contributed by atoms with Crippen molar-refractivity contribution in [3.8, 4) is 0 Å². The van der Waals surface area contributed by atoms with Crippen LogP contribution in [0.3, 0.4) is 0 Å². The van der Waals surface area contributed by atoms with Gasteiger partial charge in [-0.1, -0.05) is 60.7 Å². The zero-order valence-electron chi connectivity index (χ0n) is 11.8. The van der Waals surface area contributed by atoms with Crippen LogP contribution in [-0.2, 0) is 21.5 Å². The van der Waals surface area contributed by atoms with Crippen LogP contribution in [0.15, 0.2) is 60.7 Å². The highest BCUT2D eigenvalue weighted by Gasteiger charge is 2.40. The zero-order valence-corrected chi connectivity index (χ0v) is 11.8. The summed E-state index contributed by atoms with van der Waals surface area (Å²) in [6.45, 7) is 0. The topological polar surface area (TPSA) is 38.3 Å². The maximum atomic E-state index is 12.4. The van der Waals surface area contributed by atoms with Gasteiger partial charge in [-0.25, -0.2) is 4.79 Å². The normalized spacial score (nSPS) is 13.5. The summed E-state index contributed by atoms with van der Waals surface area (Å²) < 4.78 is 5.03. The third kappa shape index (κ3) is 2.73. The van der Waals surface area contributed by atoms with Crippen molar-refractivity contribution < 1.29 is 9.53 Å². The van der Waals surface area contributed by atoms with E-state index >= 15 is 0 Å². The molecule has 0 aliphatic rings. The van der Waals surface area contributed by atoms with Gasteiger partial charge >= 0.3 is 5.97 Å². The molecule has 1 N–H and O–H groups in total. The van der Waals surface area contributed by atoms with Gasteiger partial charge in [0.1, 0.15) is 5.54 Å². The number of methoxy groups -OCH3 is 1. The largest absolute Gasteiger partial charge is 0.467 e. The summed E-state index contributed by atoms with van der Waals surface area (Å²) in [5.41, 5.74) is 1.12. The molecule has 0 aromatic heterocycles. The number of rotatable bonds is 5. The number of carbonyl (C=O) groups is 1. The maximum absolute atomic E-state index is 12.4.